The van der Waals surface area contributed by atoms with Crippen LogP contribution in [0.4, 0.5) is 0 Å². The topological polar surface area (TPSA) is 68.1 Å². The molecule has 0 aliphatic heterocycles. The summed E-state index contributed by atoms with van der Waals surface area (Å²) < 4.78 is 5.65. The highest BCUT2D eigenvalue weighted by atomic mass is 79.9. The fourth-order valence-corrected chi connectivity index (χ4v) is 3.24. The number of nitrogens with zero attached hydrogens (tertiary/aromatic N) is 2. The number of benzene rings is 3. The Bertz CT molecular complexity index is 1090. The highest BCUT2D eigenvalue weighted by Gasteiger charge is 2.18. The quantitative estimate of drug-likeness (QED) is 0.212. The third-order valence-corrected chi connectivity index (χ3v) is 4.98. The monoisotopic (exact) mass is 462 g/mol. The van der Waals surface area contributed by atoms with E-state index in [2.05, 4.69) is 26.1 Å². The number of ether oxygens (including phenoxy) is 1. The van der Waals surface area contributed by atoms with Gasteiger partial charge < -0.3 is 4.74 Å². The molecule has 0 aliphatic rings. The number of halogens is 1. The van der Waals surface area contributed by atoms with Gasteiger partial charge in [0.25, 0.3) is 0 Å². The molecular formula is C24H19BrN2O3. The fraction of sp³-hybridized carbons (Fsp3) is 0.0833. The first kappa shape index (κ1) is 21.3. The van der Waals surface area contributed by atoms with Crippen LogP contribution in [0.1, 0.15) is 27.9 Å². The van der Waals surface area contributed by atoms with E-state index < -0.39 is 5.97 Å². The average Bonchev–Trinajstić information content (AvgIpc) is 2.80. The lowest BCUT2D eigenvalue weighted by atomic mass is 10.0. The molecule has 0 amide bonds. The van der Waals surface area contributed by atoms with E-state index in [0.717, 1.165) is 15.6 Å². The van der Waals surface area contributed by atoms with Gasteiger partial charge in [0.15, 0.2) is 11.5 Å². The number of esters is 1. The van der Waals surface area contributed by atoms with E-state index in [9.17, 15) is 9.59 Å². The van der Waals surface area contributed by atoms with Crippen LogP contribution < -0.4 is 0 Å². The van der Waals surface area contributed by atoms with Crippen molar-refractivity contribution in [2.45, 2.75) is 6.42 Å². The Morgan fingerprint density at radius 2 is 1.37 bits per heavy atom. The number of rotatable bonds is 7. The summed E-state index contributed by atoms with van der Waals surface area (Å²) in [5, 5.41) is 8.51. The molecule has 3 rings (SSSR count). The minimum absolute atomic E-state index is 0.0631. The van der Waals surface area contributed by atoms with Crippen molar-refractivity contribution in [1.82, 2.24) is 0 Å². The van der Waals surface area contributed by atoms with E-state index in [1.807, 2.05) is 60.7 Å². The molecule has 150 valence electrons. The molecule has 0 saturated carbocycles. The first-order chi connectivity index (χ1) is 14.6. The van der Waals surface area contributed by atoms with Gasteiger partial charge in [-0.1, -0.05) is 94.8 Å². The molecule has 0 bridgehead atoms. The van der Waals surface area contributed by atoms with E-state index in [4.69, 9.17) is 4.74 Å². The minimum atomic E-state index is -0.692. The van der Waals surface area contributed by atoms with Crippen molar-refractivity contribution >= 4 is 39.1 Å². The first-order valence-corrected chi connectivity index (χ1v) is 10.0. The largest absolute Gasteiger partial charge is 0.464 e. The van der Waals surface area contributed by atoms with Crippen molar-refractivity contribution < 1.29 is 14.3 Å². The molecule has 30 heavy (non-hydrogen) atoms. The van der Waals surface area contributed by atoms with Crippen molar-refractivity contribution in [2.75, 3.05) is 7.11 Å². The van der Waals surface area contributed by atoms with E-state index in [1.54, 1.807) is 24.3 Å². The smallest absolute Gasteiger partial charge is 0.354 e. The van der Waals surface area contributed by atoms with Gasteiger partial charge in [0.05, 0.1) is 13.5 Å². The maximum absolute atomic E-state index is 12.6. The zero-order chi connectivity index (χ0) is 21.3. The summed E-state index contributed by atoms with van der Waals surface area (Å²) in [5.74, 6) is -0.931. The summed E-state index contributed by atoms with van der Waals surface area (Å²) in [5.41, 5.74) is 2.63. The van der Waals surface area contributed by atoms with Gasteiger partial charge in [-0.25, -0.2) is 4.79 Å². The van der Waals surface area contributed by atoms with Gasteiger partial charge >= 0.3 is 5.97 Å². The second kappa shape index (κ2) is 10.4. The van der Waals surface area contributed by atoms with Crippen LogP contribution >= 0.6 is 15.9 Å². The summed E-state index contributed by atoms with van der Waals surface area (Å²) in [6, 6.07) is 25.8. The Hall–Kier alpha value is -3.38. The molecule has 0 unspecified atom stereocenters. The second-order valence-corrected chi connectivity index (χ2v) is 7.15. The summed E-state index contributed by atoms with van der Waals surface area (Å²) >= 11 is 3.54. The summed E-state index contributed by atoms with van der Waals surface area (Å²) in [6.07, 6.45) is -0.210. The van der Waals surface area contributed by atoms with E-state index in [0.29, 0.717) is 11.3 Å². The third kappa shape index (κ3) is 5.36. The van der Waals surface area contributed by atoms with Crippen LogP contribution in [0.25, 0.3) is 0 Å². The SMILES string of the molecule is COC(=O)C(CC(=O)c1ccccc1)=NN=C(c1ccccc1)c1ccccc1Br. The van der Waals surface area contributed by atoms with Gasteiger partial charge in [0, 0.05) is 21.2 Å². The van der Waals surface area contributed by atoms with Gasteiger partial charge in [0.2, 0.25) is 0 Å². The van der Waals surface area contributed by atoms with E-state index >= 15 is 0 Å². The Labute approximate surface area is 183 Å². The molecule has 0 N–H and O–H groups in total. The Kier molecular flexibility index (Phi) is 7.40. The van der Waals surface area contributed by atoms with E-state index in [-0.39, 0.29) is 17.9 Å². The van der Waals surface area contributed by atoms with Gasteiger partial charge in [-0.15, -0.1) is 10.2 Å². The number of ketones is 1. The molecule has 0 fully saturated rings. The maximum Gasteiger partial charge on any atom is 0.354 e. The molecule has 0 heterocycles. The van der Waals surface area contributed by atoms with Gasteiger partial charge in [-0.2, -0.15) is 0 Å². The number of methoxy groups -OCH3 is 1. The van der Waals surface area contributed by atoms with Crippen molar-refractivity contribution in [3.63, 3.8) is 0 Å². The molecule has 5 nitrogen and oxygen atoms in total. The Morgan fingerprint density at radius 3 is 1.97 bits per heavy atom. The summed E-state index contributed by atoms with van der Waals surface area (Å²) in [7, 11) is 1.25. The summed E-state index contributed by atoms with van der Waals surface area (Å²) in [4.78, 5) is 24.8. The number of carbonyl (C=O) groups excluding carboxylic acids is 2. The van der Waals surface area contributed by atoms with Crippen LogP contribution in [0, 0.1) is 0 Å². The van der Waals surface area contributed by atoms with Crippen LogP contribution in [-0.2, 0) is 9.53 Å². The van der Waals surface area contributed by atoms with E-state index in [1.165, 1.54) is 7.11 Å². The molecule has 0 spiro atoms. The van der Waals surface area contributed by atoms with Crippen LogP contribution in [0.2, 0.25) is 0 Å². The van der Waals surface area contributed by atoms with Crippen LogP contribution in [0.15, 0.2) is 99.6 Å². The maximum atomic E-state index is 12.6. The summed E-state index contributed by atoms with van der Waals surface area (Å²) in [6.45, 7) is 0. The Balaban J connectivity index is 2.03. The van der Waals surface area contributed by atoms with Crippen LogP contribution in [0.3, 0.4) is 0 Å². The zero-order valence-corrected chi connectivity index (χ0v) is 17.9. The predicted molar refractivity (Wildman–Crippen MR) is 121 cm³/mol. The molecule has 0 radical (unpaired) electrons. The highest BCUT2D eigenvalue weighted by molar-refractivity contribution is 9.10. The zero-order valence-electron chi connectivity index (χ0n) is 16.3. The fourth-order valence-electron chi connectivity index (χ4n) is 2.77. The standard InChI is InChI=1S/C24H19BrN2O3/c1-30-24(29)21(16-22(28)17-10-4-2-5-11-17)26-27-23(18-12-6-3-7-13-18)19-14-8-9-15-20(19)25/h2-15H,16H2,1H3. The average molecular weight is 463 g/mol. The van der Waals surface area contributed by atoms with Crippen molar-refractivity contribution in [1.29, 1.82) is 0 Å². The van der Waals surface area contributed by atoms with Gasteiger partial charge in [-0.3, -0.25) is 4.79 Å². The number of Topliss-reactive ketones (excluding diaryl/α,β-unsaturated/α-hetero) is 1. The Morgan fingerprint density at radius 1 is 0.800 bits per heavy atom. The molecular weight excluding hydrogens is 444 g/mol. The first-order valence-electron chi connectivity index (χ1n) is 9.21. The lowest BCUT2D eigenvalue weighted by Gasteiger charge is -2.08. The second-order valence-electron chi connectivity index (χ2n) is 6.30. The third-order valence-electron chi connectivity index (χ3n) is 4.29. The normalized spacial score (nSPS) is 11.8. The van der Waals surface area contributed by atoms with Crippen molar-refractivity contribution in [2.24, 2.45) is 10.2 Å². The molecule has 0 saturated heterocycles. The number of hydrogen-bond donors (Lipinski definition) is 0. The van der Waals surface area contributed by atoms with Crippen LogP contribution in [-0.4, -0.2) is 30.3 Å². The molecule has 3 aromatic rings. The molecule has 3 aromatic carbocycles. The predicted octanol–water partition coefficient (Wildman–Crippen LogP) is 5.09. The molecule has 0 aromatic heterocycles. The molecule has 6 heteroatoms. The van der Waals surface area contributed by atoms with Gasteiger partial charge in [-0.05, 0) is 6.07 Å². The lowest BCUT2D eigenvalue weighted by Crippen LogP contribution is -2.20. The molecule has 0 aliphatic carbocycles. The highest BCUT2D eigenvalue weighted by Crippen LogP contribution is 2.21. The van der Waals surface area contributed by atoms with Gasteiger partial charge in [0.1, 0.15) is 5.71 Å². The number of carbonyl (C=O) groups is 2. The lowest BCUT2D eigenvalue weighted by molar-refractivity contribution is -0.132. The van der Waals surface area contributed by atoms with Crippen LogP contribution in [0.5, 0.6) is 0 Å². The molecule has 0 atom stereocenters. The number of hydrogen-bond acceptors (Lipinski definition) is 5. The van der Waals surface area contributed by atoms with Crippen molar-refractivity contribution in [3.05, 3.63) is 106 Å². The van der Waals surface area contributed by atoms with Crippen molar-refractivity contribution in [3.8, 4) is 0 Å². The minimum Gasteiger partial charge on any atom is -0.464 e.